The summed E-state index contributed by atoms with van der Waals surface area (Å²) >= 11 is 6.23. The first-order chi connectivity index (χ1) is 9.52. The highest BCUT2D eigenvalue weighted by atomic mass is 35.5. The van der Waals surface area contributed by atoms with Crippen LogP contribution in [0.4, 0.5) is 5.69 Å². The maximum Gasteiger partial charge on any atom is 0.246 e. The molecule has 0 aliphatic carbocycles. The highest BCUT2D eigenvalue weighted by Gasteiger charge is 2.30. The number of benzene rings is 1. The second kappa shape index (κ2) is 6.46. The van der Waals surface area contributed by atoms with Crippen LogP contribution in [0, 0.1) is 5.92 Å². The number of likely N-dealkylation sites (N-methyl/N-ethyl adjacent to an activating group) is 1. The molecule has 1 aromatic carbocycles. The van der Waals surface area contributed by atoms with E-state index in [1.807, 2.05) is 6.07 Å². The van der Waals surface area contributed by atoms with Crippen molar-refractivity contribution in [3.8, 4) is 5.75 Å². The number of hydrogen-bond acceptors (Lipinski definition) is 3. The van der Waals surface area contributed by atoms with E-state index in [0.717, 1.165) is 24.1 Å². The van der Waals surface area contributed by atoms with Crippen molar-refractivity contribution >= 4 is 23.2 Å². The largest absolute Gasteiger partial charge is 0.492 e. The standard InChI is InChI=1S/C15H21ClN2O2/c1-9(2)5-4-6-20-13-8-12-10(7-11(13)16)14(17-3)15(19)18-12/h7-9,14,17H,4-6H2,1-3H3,(H,18,19). The number of carbonyl (C=O) groups is 1. The van der Waals surface area contributed by atoms with Gasteiger partial charge in [0.15, 0.2) is 0 Å². The number of hydrogen-bond donors (Lipinski definition) is 2. The van der Waals surface area contributed by atoms with Crippen LogP contribution in [-0.4, -0.2) is 19.6 Å². The van der Waals surface area contributed by atoms with Crippen LogP contribution in [0.3, 0.4) is 0 Å². The summed E-state index contributed by atoms with van der Waals surface area (Å²) < 4.78 is 5.71. The summed E-state index contributed by atoms with van der Waals surface area (Å²) in [5.41, 5.74) is 1.65. The predicted octanol–water partition coefficient (Wildman–Crippen LogP) is 3.37. The van der Waals surface area contributed by atoms with E-state index in [-0.39, 0.29) is 11.9 Å². The van der Waals surface area contributed by atoms with Crippen LogP contribution in [0.25, 0.3) is 0 Å². The molecule has 1 amide bonds. The van der Waals surface area contributed by atoms with E-state index in [9.17, 15) is 4.79 Å². The Morgan fingerprint density at radius 1 is 1.45 bits per heavy atom. The van der Waals surface area contributed by atoms with Crippen molar-refractivity contribution in [3.63, 3.8) is 0 Å². The Hall–Kier alpha value is -1.26. The number of amides is 1. The first-order valence-corrected chi connectivity index (χ1v) is 7.35. The van der Waals surface area contributed by atoms with E-state index in [0.29, 0.717) is 23.3 Å². The lowest BCUT2D eigenvalue weighted by molar-refractivity contribution is -0.117. The number of halogens is 1. The Balaban J connectivity index is 2.06. The SMILES string of the molecule is CNC1C(=O)Nc2cc(OCCCC(C)C)c(Cl)cc21. The molecule has 0 saturated heterocycles. The third-order valence-corrected chi connectivity index (χ3v) is 3.70. The maximum atomic E-state index is 11.8. The Kier molecular flexibility index (Phi) is 4.89. The number of fused-ring (bicyclic) bond motifs is 1. The molecule has 1 aromatic rings. The average Bonchev–Trinajstić information content (AvgIpc) is 2.69. The van der Waals surface area contributed by atoms with Crippen LogP contribution >= 0.6 is 11.6 Å². The van der Waals surface area contributed by atoms with Crippen molar-refractivity contribution < 1.29 is 9.53 Å². The van der Waals surface area contributed by atoms with Gasteiger partial charge in [-0.3, -0.25) is 4.79 Å². The second-order valence-electron chi connectivity index (χ2n) is 5.47. The van der Waals surface area contributed by atoms with Gasteiger partial charge < -0.3 is 15.4 Å². The van der Waals surface area contributed by atoms with Crippen molar-refractivity contribution in [2.24, 2.45) is 5.92 Å². The van der Waals surface area contributed by atoms with Crippen molar-refractivity contribution in [2.45, 2.75) is 32.7 Å². The monoisotopic (exact) mass is 296 g/mol. The van der Waals surface area contributed by atoms with Crippen LogP contribution in [0.2, 0.25) is 5.02 Å². The first-order valence-electron chi connectivity index (χ1n) is 6.97. The number of anilines is 1. The van der Waals surface area contributed by atoms with E-state index in [1.165, 1.54) is 0 Å². The summed E-state index contributed by atoms with van der Waals surface area (Å²) in [6.07, 6.45) is 2.12. The first kappa shape index (κ1) is 15.1. The summed E-state index contributed by atoms with van der Waals surface area (Å²) in [5, 5.41) is 6.35. The molecule has 110 valence electrons. The van der Waals surface area contributed by atoms with E-state index in [4.69, 9.17) is 16.3 Å². The van der Waals surface area contributed by atoms with Gasteiger partial charge in [0.1, 0.15) is 11.8 Å². The molecule has 1 heterocycles. The number of ether oxygens (including phenoxy) is 1. The van der Waals surface area contributed by atoms with E-state index in [1.54, 1.807) is 13.1 Å². The Morgan fingerprint density at radius 3 is 2.85 bits per heavy atom. The van der Waals surface area contributed by atoms with Crippen LogP contribution in [-0.2, 0) is 4.79 Å². The molecule has 0 fully saturated rings. The fourth-order valence-corrected chi connectivity index (χ4v) is 2.56. The predicted molar refractivity (Wildman–Crippen MR) is 81.4 cm³/mol. The molecular weight excluding hydrogens is 276 g/mol. The minimum atomic E-state index is -0.336. The van der Waals surface area contributed by atoms with Crippen molar-refractivity contribution in [3.05, 3.63) is 22.7 Å². The Bertz CT molecular complexity index is 503. The number of rotatable bonds is 6. The van der Waals surface area contributed by atoms with E-state index < -0.39 is 0 Å². The molecule has 2 N–H and O–H groups in total. The molecule has 2 rings (SSSR count). The average molecular weight is 297 g/mol. The van der Waals surface area contributed by atoms with Gasteiger partial charge in [-0.15, -0.1) is 0 Å². The topological polar surface area (TPSA) is 50.4 Å². The van der Waals surface area contributed by atoms with Gasteiger partial charge >= 0.3 is 0 Å². The van der Waals surface area contributed by atoms with Gasteiger partial charge in [-0.2, -0.15) is 0 Å². The lowest BCUT2D eigenvalue weighted by Gasteiger charge is -2.12. The lowest BCUT2D eigenvalue weighted by Crippen LogP contribution is -2.23. The zero-order chi connectivity index (χ0) is 14.7. The highest BCUT2D eigenvalue weighted by molar-refractivity contribution is 6.32. The Labute approximate surface area is 124 Å². The summed E-state index contributed by atoms with van der Waals surface area (Å²) in [6, 6.07) is 3.27. The van der Waals surface area contributed by atoms with Crippen molar-refractivity contribution in [2.75, 3.05) is 19.0 Å². The zero-order valence-electron chi connectivity index (χ0n) is 12.1. The van der Waals surface area contributed by atoms with Crippen molar-refractivity contribution in [1.82, 2.24) is 5.32 Å². The quantitative estimate of drug-likeness (QED) is 0.791. The number of nitrogens with one attached hydrogen (secondary N) is 2. The molecular formula is C15H21ClN2O2. The van der Waals surface area contributed by atoms with Gasteiger partial charge in [0.2, 0.25) is 5.91 Å². The van der Waals surface area contributed by atoms with Crippen LogP contribution in [0.5, 0.6) is 5.75 Å². The third-order valence-electron chi connectivity index (χ3n) is 3.41. The molecule has 20 heavy (non-hydrogen) atoms. The molecule has 1 aliphatic heterocycles. The Morgan fingerprint density at radius 2 is 2.20 bits per heavy atom. The molecule has 1 atom stereocenters. The molecule has 0 aromatic heterocycles. The minimum Gasteiger partial charge on any atom is -0.492 e. The summed E-state index contributed by atoms with van der Waals surface area (Å²) in [6.45, 7) is 5.02. The molecule has 0 bridgehead atoms. The van der Waals surface area contributed by atoms with Gasteiger partial charge in [0.25, 0.3) is 0 Å². The smallest absolute Gasteiger partial charge is 0.246 e. The molecule has 0 saturated carbocycles. The lowest BCUT2D eigenvalue weighted by atomic mass is 10.1. The van der Waals surface area contributed by atoms with Gasteiger partial charge in [0.05, 0.1) is 11.6 Å². The zero-order valence-corrected chi connectivity index (χ0v) is 12.9. The number of carbonyl (C=O) groups excluding carboxylic acids is 1. The van der Waals surface area contributed by atoms with Gasteiger partial charge in [-0.25, -0.2) is 0 Å². The van der Waals surface area contributed by atoms with E-state index in [2.05, 4.69) is 24.5 Å². The third kappa shape index (κ3) is 3.25. The normalized spacial score (nSPS) is 17.2. The molecule has 1 unspecified atom stereocenters. The van der Waals surface area contributed by atoms with Crippen LogP contribution in [0.15, 0.2) is 12.1 Å². The molecule has 0 spiro atoms. The van der Waals surface area contributed by atoms with E-state index >= 15 is 0 Å². The van der Waals surface area contributed by atoms with Gasteiger partial charge in [0, 0.05) is 17.3 Å². The van der Waals surface area contributed by atoms with Crippen LogP contribution < -0.4 is 15.4 Å². The highest BCUT2D eigenvalue weighted by Crippen LogP contribution is 2.38. The molecule has 4 nitrogen and oxygen atoms in total. The molecule has 0 radical (unpaired) electrons. The van der Waals surface area contributed by atoms with Crippen molar-refractivity contribution in [1.29, 1.82) is 0 Å². The summed E-state index contributed by atoms with van der Waals surface area (Å²) in [4.78, 5) is 11.8. The fraction of sp³-hybridized carbons (Fsp3) is 0.533. The summed E-state index contributed by atoms with van der Waals surface area (Å²) in [5.74, 6) is 1.24. The minimum absolute atomic E-state index is 0.0597. The molecule has 1 aliphatic rings. The van der Waals surface area contributed by atoms with Crippen LogP contribution in [0.1, 0.15) is 38.3 Å². The summed E-state index contributed by atoms with van der Waals surface area (Å²) in [7, 11) is 1.75. The molecule has 5 heteroatoms. The fourth-order valence-electron chi connectivity index (χ4n) is 2.33. The van der Waals surface area contributed by atoms with Gasteiger partial charge in [-0.1, -0.05) is 25.4 Å². The second-order valence-corrected chi connectivity index (χ2v) is 5.87. The maximum absolute atomic E-state index is 11.8. The van der Waals surface area contributed by atoms with Gasteiger partial charge in [-0.05, 0) is 31.9 Å².